The third-order valence-corrected chi connectivity index (χ3v) is 6.20. The number of aryl methyl sites for hydroxylation is 1. The molecule has 0 unspecified atom stereocenters. The molecular weight excluding hydrogens is 360 g/mol. The zero-order chi connectivity index (χ0) is 17.9. The van der Waals surface area contributed by atoms with E-state index in [0.29, 0.717) is 11.1 Å². The summed E-state index contributed by atoms with van der Waals surface area (Å²) in [7, 11) is 0. The van der Waals surface area contributed by atoms with Crippen LogP contribution in [0.2, 0.25) is 0 Å². The molecule has 0 fully saturated rings. The molecule has 2 aromatic heterocycles. The Morgan fingerprint density at radius 3 is 2.62 bits per heavy atom. The highest BCUT2D eigenvalue weighted by Crippen LogP contribution is 2.30. The van der Waals surface area contributed by atoms with Crippen LogP contribution in [0.25, 0.3) is 21.3 Å². The van der Waals surface area contributed by atoms with Crippen LogP contribution in [0.3, 0.4) is 0 Å². The number of aromatic nitrogens is 2. The molecule has 0 aliphatic heterocycles. The van der Waals surface area contributed by atoms with Crippen molar-refractivity contribution < 1.29 is 0 Å². The van der Waals surface area contributed by atoms with Crippen molar-refractivity contribution in [3.63, 3.8) is 0 Å². The fraction of sp³-hybridized carbons (Fsp3) is 0.143. The van der Waals surface area contributed by atoms with Crippen LogP contribution in [0.5, 0.6) is 0 Å². The first-order valence-corrected chi connectivity index (χ1v) is 10.4. The van der Waals surface area contributed by atoms with Gasteiger partial charge in [-0.2, -0.15) is 0 Å². The van der Waals surface area contributed by atoms with Crippen molar-refractivity contribution in [2.24, 2.45) is 0 Å². The van der Waals surface area contributed by atoms with Gasteiger partial charge in [-0.15, -0.1) is 23.1 Å². The number of aromatic amines is 1. The highest BCUT2D eigenvalue weighted by molar-refractivity contribution is 7.97. The zero-order valence-corrected chi connectivity index (χ0v) is 16.0. The summed E-state index contributed by atoms with van der Waals surface area (Å²) in [6, 6.07) is 18.4. The van der Waals surface area contributed by atoms with Gasteiger partial charge < -0.3 is 4.98 Å². The van der Waals surface area contributed by atoms with Gasteiger partial charge in [-0.25, -0.2) is 4.98 Å². The maximum atomic E-state index is 12.6. The Balaban J connectivity index is 1.57. The second-order valence-corrected chi connectivity index (χ2v) is 7.97. The standard InChI is InChI=1S/C21H18N2OS2/c1-14-7-5-6-10-16(14)11-25-13-18-22-20(24)19-17(12-26-21(19)23-18)15-8-3-2-4-9-15/h2-10,12H,11,13H2,1H3,(H,22,23,24). The molecule has 5 heteroatoms. The van der Waals surface area contributed by atoms with E-state index in [1.54, 1.807) is 11.8 Å². The van der Waals surface area contributed by atoms with Crippen molar-refractivity contribution in [3.8, 4) is 11.1 Å². The Kier molecular flexibility index (Phi) is 4.91. The normalized spacial score (nSPS) is 11.1. The number of H-pyrrole nitrogens is 1. The van der Waals surface area contributed by atoms with Gasteiger partial charge in [0.25, 0.3) is 5.56 Å². The number of nitrogens with one attached hydrogen (secondary N) is 1. The van der Waals surface area contributed by atoms with Gasteiger partial charge in [0, 0.05) is 16.7 Å². The first-order chi connectivity index (χ1) is 12.7. The van der Waals surface area contributed by atoms with Crippen LogP contribution < -0.4 is 5.56 Å². The second-order valence-electron chi connectivity index (χ2n) is 6.13. The lowest BCUT2D eigenvalue weighted by Crippen LogP contribution is -2.10. The van der Waals surface area contributed by atoms with Crippen molar-refractivity contribution in [2.45, 2.75) is 18.4 Å². The number of rotatable bonds is 5. The average molecular weight is 379 g/mol. The fourth-order valence-electron chi connectivity index (χ4n) is 2.92. The molecule has 1 N–H and O–H groups in total. The lowest BCUT2D eigenvalue weighted by atomic mass is 10.1. The molecule has 0 saturated carbocycles. The summed E-state index contributed by atoms with van der Waals surface area (Å²) < 4.78 is 0. The molecule has 0 aliphatic rings. The van der Waals surface area contributed by atoms with Crippen LogP contribution in [0, 0.1) is 6.92 Å². The highest BCUT2D eigenvalue weighted by atomic mass is 32.2. The van der Waals surface area contributed by atoms with Crippen LogP contribution in [-0.2, 0) is 11.5 Å². The summed E-state index contributed by atoms with van der Waals surface area (Å²) in [5.74, 6) is 2.34. The lowest BCUT2D eigenvalue weighted by Gasteiger charge is -2.05. The van der Waals surface area contributed by atoms with Crippen molar-refractivity contribution >= 4 is 33.3 Å². The van der Waals surface area contributed by atoms with Crippen molar-refractivity contribution in [1.29, 1.82) is 0 Å². The van der Waals surface area contributed by atoms with E-state index in [4.69, 9.17) is 0 Å². The van der Waals surface area contributed by atoms with Crippen LogP contribution in [0.15, 0.2) is 64.8 Å². The maximum Gasteiger partial charge on any atom is 0.260 e. The molecular formula is C21H18N2OS2. The van der Waals surface area contributed by atoms with E-state index >= 15 is 0 Å². The molecule has 0 amide bonds. The Morgan fingerprint density at radius 2 is 1.81 bits per heavy atom. The van der Waals surface area contributed by atoms with E-state index in [0.717, 1.165) is 27.5 Å². The number of hydrogen-bond acceptors (Lipinski definition) is 4. The van der Waals surface area contributed by atoms with Gasteiger partial charge in [-0.05, 0) is 23.6 Å². The van der Waals surface area contributed by atoms with E-state index in [1.165, 1.54) is 22.5 Å². The van der Waals surface area contributed by atoms with E-state index < -0.39 is 0 Å². The Hall–Kier alpha value is -2.37. The Labute approximate surface area is 160 Å². The first kappa shape index (κ1) is 17.1. The molecule has 0 spiro atoms. The van der Waals surface area contributed by atoms with E-state index in [1.807, 2.05) is 35.7 Å². The van der Waals surface area contributed by atoms with Crippen LogP contribution in [0.4, 0.5) is 0 Å². The number of hydrogen-bond donors (Lipinski definition) is 1. The topological polar surface area (TPSA) is 45.8 Å². The molecule has 0 radical (unpaired) electrons. The summed E-state index contributed by atoms with van der Waals surface area (Å²) in [5.41, 5.74) is 4.57. The van der Waals surface area contributed by atoms with Gasteiger partial charge in [0.1, 0.15) is 10.7 Å². The van der Waals surface area contributed by atoms with Gasteiger partial charge in [0.15, 0.2) is 0 Å². The number of benzene rings is 2. The molecule has 0 aliphatic carbocycles. The minimum atomic E-state index is -0.0541. The summed E-state index contributed by atoms with van der Waals surface area (Å²) >= 11 is 3.30. The molecule has 4 rings (SSSR count). The van der Waals surface area contributed by atoms with E-state index in [-0.39, 0.29) is 5.56 Å². The molecule has 0 saturated heterocycles. The van der Waals surface area contributed by atoms with Crippen LogP contribution in [-0.4, -0.2) is 9.97 Å². The molecule has 2 aromatic carbocycles. The van der Waals surface area contributed by atoms with E-state index in [2.05, 4.69) is 41.2 Å². The third kappa shape index (κ3) is 3.45. The van der Waals surface area contributed by atoms with Crippen LogP contribution >= 0.6 is 23.1 Å². The molecule has 2 heterocycles. The fourth-order valence-corrected chi connectivity index (χ4v) is 4.86. The maximum absolute atomic E-state index is 12.6. The summed E-state index contributed by atoms with van der Waals surface area (Å²) in [6.07, 6.45) is 0. The smallest absolute Gasteiger partial charge is 0.260 e. The van der Waals surface area contributed by atoms with Crippen molar-refractivity contribution in [1.82, 2.24) is 9.97 Å². The van der Waals surface area contributed by atoms with Gasteiger partial charge in [-0.3, -0.25) is 4.79 Å². The van der Waals surface area contributed by atoms with Gasteiger partial charge >= 0.3 is 0 Å². The van der Waals surface area contributed by atoms with Crippen molar-refractivity contribution in [3.05, 3.63) is 87.3 Å². The summed E-state index contributed by atoms with van der Waals surface area (Å²) in [6.45, 7) is 2.12. The third-order valence-electron chi connectivity index (χ3n) is 4.34. The Bertz CT molecular complexity index is 1100. The minimum Gasteiger partial charge on any atom is -0.309 e. The summed E-state index contributed by atoms with van der Waals surface area (Å²) in [5, 5.41) is 2.71. The molecule has 3 nitrogen and oxygen atoms in total. The van der Waals surface area contributed by atoms with E-state index in [9.17, 15) is 4.79 Å². The zero-order valence-electron chi connectivity index (χ0n) is 14.4. The van der Waals surface area contributed by atoms with Crippen LogP contribution in [0.1, 0.15) is 17.0 Å². The van der Waals surface area contributed by atoms with Gasteiger partial charge in [0.2, 0.25) is 0 Å². The predicted molar refractivity (Wildman–Crippen MR) is 112 cm³/mol. The molecule has 0 bridgehead atoms. The molecule has 0 atom stereocenters. The number of thioether (sulfide) groups is 1. The second kappa shape index (κ2) is 7.48. The average Bonchev–Trinajstić information content (AvgIpc) is 3.09. The lowest BCUT2D eigenvalue weighted by molar-refractivity contribution is 1.04. The largest absolute Gasteiger partial charge is 0.309 e. The highest BCUT2D eigenvalue weighted by Gasteiger charge is 2.12. The predicted octanol–water partition coefficient (Wildman–Crippen LogP) is 5.39. The summed E-state index contributed by atoms with van der Waals surface area (Å²) in [4.78, 5) is 21.1. The Morgan fingerprint density at radius 1 is 1.04 bits per heavy atom. The number of nitrogens with zero attached hydrogens (tertiary/aromatic N) is 1. The minimum absolute atomic E-state index is 0.0541. The van der Waals surface area contributed by atoms with Gasteiger partial charge in [0.05, 0.1) is 11.1 Å². The van der Waals surface area contributed by atoms with Gasteiger partial charge in [-0.1, -0.05) is 54.6 Å². The molecule has 26 heavy (non-hydrogen) atoms. The van der Waals surface area contributed by atoms with Crippen molar-refractivity contribution in [2.75, 3.05) is 0 Å². The monoisotopic (exact) mass is 378 g/mol. The quantitative estimate of drug-likeness (QED) is 0.506. The molecule has 130 valence electrons. The first-order valence-electron chi connectivity index (χ1n) is 8.40. The number of thiophene rings is 1. The SMILES string of the molecule is Cc1ccccc1CSCc1nc2scc(-c3ccccc3)c2c(=O)[nH]1. The number of fused-ring (bicyclic) bond motifs is 1. The molecule has 4 aromatic rings.